The van der Waals surface area contributed by atoms with E-state index in [1.54, 1.807) is 24.3 Å². The summed E-state index contributed by atoms with van der Waals surface area (Å²) in [7, 11) is 0. The average molecular weight is 355 g/mol. The number of nitrogens with zero attached hydrogens (tertiary/aromatic N) is 1. The minimum atomic E-state index is -0.967. The number of thiophene rings is 1. The number of amides is 1. The number of aromatic nitrogens is 1. The van der Waals surface area contributed by atoms with Gasteiger partial charge in [0, 0.05) is 4.88 Å². The SMILES string of the molecule is O=C(O)CC(NC(=O)c1cccc(Br)n1)c1cccs1. The number of pyridine rings is 1. The lowest BCUT2D eigenvalue weighted by molar-refractivity contribution is -0.137. The Balaban J connectivity index is 2.15. The molecule has 1 amide bonds. The molecule has 0 aliphatic carbocycles. The molecule has 5 nitrogen and oxygen atoms in total. The van der Waals surface area contributed by atoms with Gasteiger partial charge >= 0.3 is 5.97 Å². The fourth-order valence-electron chi connectivity index (χ4n) is 1.65. The standard InChI is InChI=1S/C13H11BrN2O3S/c14-11-5-1-3-8(15-11)13(19)16-9(7-12(17)18)10-4-2-6-20-10/h1-6,9H,7H2,(H,16,19)(H,17,18). The molecule has 0 fully saturated rings. The molecular formula is C13H11BrN2O3S. The number of rotatable bonds is 5. The van der Waals surface area contributed by atoms with Crippen LogP contribution >= 0.6 is 27.3 Å². The van der Waals surface area contributed by atoms with Crippen LogP contribution in [0.3, 0.4) is 0 Å². The van der Waals surface area contributed by atoms with Crippen LogP contribution in [0.2, 0.25) is 0 Å². The van der Waals surface area contributed by atoms with Crippen LogP contribution in [0.1, 0.15) is 27.8 Å². The Kier molecular flexibility index (Phi) is 4.86. The van der Waals surface area contributed by atoms with E-state index < -0.39 is 17.9 Å². The van der Waals surface area contributed by atoms with Crippen LogP contribution in [-0.4, -0.2) is 22.0 Å². The maximum absolute atomic E-state index is 12.1. The number of hydrogen-bond acceptors (Lipinski definition) is 4. The monoisotopic (exact) mass is 354 g/mol. The predicted octanol–water partition coefficient (Wildman–Crippen LogP) is 2.85. The molecule has 0 bridgehead atoms. The number of aliphatic carboxylic acids is 1. The summed E-state index contributed by atoms with van der Waals surface area (Å²) in [5.41, 5.74) is 0.242. The molecule has 7 heteroatoms. The Morgan fingerprint density at radius 1 is 1.35 bits per heavy atom. The van der Waals surface area contributed by atoms with Gasteiger partial charge in [-0.2, -0.15) is 0 Å². The van der Waals surface area contributed by atoms with Crippen molar-refractivity contribution in [2.45, 2.75) is 12.5 Å². The number of halogens is 1. The van der Waals surface area contributed by atoms with Gasteiger partial charge < -0.3 is 10.4 Å². The number of carboxylic acid groups (broad SMARTS) is 1. The molecule has 0 aliphatic heterocycles. The van der Waals surface area contributed by atoms with Gasteiger partial charge in [-0.25, -0.2) is 4.98 Å². The third kappa shape index (κ3) is 3.88. The second kappa shape index (κ2) is 6.62. The molecule has 0 aromatic carbocycles. The normalized spacial score (nSPS) is 11.8. The molecule has 1 atom stereocenters. The van der Waals surface area contributed by atoms with Gasteiger partial charge in [-0.05, 0) is 39.5 Å². The zero-order valence-electron chi connectivity index (χ0n) is 10.2. The fraction of sp³-hybridized carbons (Fsp3) is 0.154. The van der Waals surface area contributed by atoms with Gasteiger partial charge in [0.25, 0.3) is 5.91 Å². The van der Waals surface area contributed by atoms with Gasteiger partial charge in [-0.1, -0.05) is 12.1 Å². The molecular weight excluding hydrogens is 344 g/mol. The number of nitrogens with one attached hydrogen (secondary N) is 1. The second-order valence-corrected chi connectivity index (χ2v) is 5.78. The first-order valence-electron chi connectivity index (χ1n) is 5.75. The molecule has 2 heterocycles. The molecule has 0 radical (unpaired) electrons. The van der Waals surface area contributed by atoms with Crippen molar-refractivity contribution in [2.24, 2.45) is 0 Å². The molecule has 20 heavy (non-hydrogen) atoms. The van der Waals surface area contributed by atoms with Crippen molar-refractivity contribution in [3.05, 3.63) is 50.9 Å². The Labute approximate surface area is 127 Å². The van der Waals surface area contributed by atoms with E-state index in [0.717, 1.165) is 4.88 Å². The lowest BCUT2D eigenvalue weighted by atomic mass is 10.1. The largest absolute Gasteiger partial charge is 0.481 e. The third-order valence-corrected chi connectivity index (χ3v) is 3.95. The Morgan fingerprint density at radius 3 is 2.75 bits per heavy atom. The van der Waals surface area contributed by atoms with Gasteiger partial charge in [0.15, 0.2) is 0 Å². The molecule has 104 valence electrons. The second-order valence-electron chi connectivity index (χ2n) is 3.98. The van der Waals surface area contributed by atoms with E-state index in [-0.39, 0.29) is 12.1 Å². The molecule has 1 unspecified atom stereocenters. The number of carbonyl (C=O) groups is 2. The van der Waals surface area contributed by atoms with Gasteiger partial charge in [0.2, 0.25) is 0 Å². The Morgan fingerprint density at radius 2 is 2.15 bits per heavy atom. The molecule has 2 rings (SSSR count). The number of hydrogen-bond donors (Lipinski definition) is 2. The lowest BCUT2D eigenvalue weighted by Gasteiger charge is -2.15. The van der Waals surface area contributed by atoms with Crippen LogP contribution in [0.5, 0.6) is 0 Å². The van der Waals surface area contributed by atoms with Crippen molar-refractivity contribution in [3.63, 3.8) is 0 Å². The van der Waals surface area contributed by atoms with Crippen LogP contribution in [0.4, 0.5) is 0 Å². The van der Waals surface area contributed by atoms with E-state index in [0.29, 0.717) is 4.60 Å². The first-order valence-corrected chi connectivity index (χ1v) is 7.42. The van der Waals surface area contributed by atoms with Crippen LogP contribution in [0, 0.1) is 0 Å². The highest BCUT2D eigenvalue weighted by Crippen LogP contribution is 2.22. The van der Waals surface area contributed by atoms with E-state index >= 15 is 0 Å². The minimum absolute atomic E-state index is 0.166. The summed E-state index contributed by atoms with van der Waals surface area (Å²) in [5, 5.41) is 13.5. The fourth-order valence-corrected chi connectivity index (χ4v) is 2.78. The minimum Gasteiger partial charge on any atom is -0.481 e. The van der Waals surface area contributed by atoms with Crippen molar-refractivity contribution < 1.29 is 14.7 Å². The van der Waals surface area contributed by atoms with E-state index in [2.05, 4.69) is 26.2 Å². The topological polar surface area (TPSA) is 79.3 Å². The van der Waals surface area contributed by atoms with Crippen LogP contribution in [0.25, 0.3) is 0 Å². The van der Waals surface area contributed by atoms with E-state index in [4.69, 9.17) is 5.11 Å². The van der Waals surface area contributed by atoms with Crippen LogP contribution in [-0.2, 0) is 4.79 Å². The van der Waals surface area contributed by atoms with Crippen molar-refractivity contribution in [1.82, 2.24) is 10.3 Å². The first kappa shape index (κ1) is 14.7. The summed E-state index contributed by atoms with van der Waals surface area (Å²) in [4.78, 5) is 27.9. The quantitative estimate of drug-likeness (QED) is 0.809. The molecule has 0 saturated carbocycles. The number of carbonyl (C=O) groups excluding carboxylic acids is 1. The Bertz CT molecular complexity index is 616. The third-order valence-electron chi connectivity index (χ3n) is 2.52. The highest BCUT2D eigenvalue weighted by molar-refractivity contribution is 9.10. The smallest absolute Gasteiger partial charge is 0.305 e. The maximum atomic E-state index is 12.1. The summed E-state index contributed by atoms with van der Waals surface area (Å²) < 4.78 is 0.552. The molecule has 2 aromatic rings. The molecule has 0 saturated heterocycles. The van der Waals surface area contributed by atoms with E-state index in [1.807, 2.05) is 11.4 Å². The Hall–Kier alpha value is -1.73. The van der Waals surface area contributed by atoms with Gasteiger partial charge in [-0.3, -0.25) is 9.59 Å². The zero-order valence-corrected chi connectivity index (χ0v) is 12.6. The van der Waals surface area contributed by atoms with Gasteiger partial charge in [0.1, 0.15) is 10.3 Å². The van der Waals surface area contributed by atoms with Crippen LogP contribution < -0.4 is 5.32 Å². The van der Waals surface area contributed by atoms with Gasteiger partial charge in [0.05, 0.1) is 12.5 Å². The van der Waals surface area contributed by atoms with Crippen LogP contribution in [0.15, 0.2) is 40.3 Å². The summed E-state index contributed by atoms with van der Waals surface area (Å²) >= 11 is 4.60. The van der Waals surface area contributed by atoms with E-state index in [1.165, 1.54) is 11.3 Å². The molecule has 0 aliphatic rings. The number of carboxylic acids is 1. The van der Waals surface area contributed by atoms with Crippen molar-refractivity contribution >= 4 is 39.1 Å². The highest BCUT2D eigenvalue weighted by atomic mass is 79.9. The van der Waals surface area contributed by atoms with Gasteiger partial charge in [-0.15, -0.1) is 11.3 Å². The van der Waals surface area contributed by atoms with Crippen molar-refractivity contribution in [3.8, 4) is 0 Å². The zero-order chi connectivity index (χ0) is 14.5. The average Bonchev–Trinajstić information content (AvgIpc) is 2.91. The first-order chi connectivity index (χ1) is 9.56. The van der Waals surface area contributed by atoms with Crippen molar-refractivity contribution in [1.29, 1.82) is 0 Å². The summed E-state index contributed by atoms with van der Waals surface area (Å²) in [6.07, 6.45) is -0.166. The maximum Gasteiger partial charge on any atom is 0.305 e. The lowest BCUT2D eigenvalue weighted by Crippen LogP contribution is -2.30. The molecule has 2 N–H and O–H groups in total. The van der Waals surface area contributed by atoms with Crippen molar-refractivity contribution in [2.75, 3.05) is 0 Å². The summed E-state index contributed by atoms with van der Waals surface area (Å²) in [6, 6.07) is 8.05. The summed E-state index contributed by atoms with van der Waals surface area (Å²) in [5.74, 6) is -1.36. The van der Waals surface area contributed by atoms with E-state index in [9.17, 15) is 9.59 Å². The summed E-state index contributed by atoms with van der Waals surface area (Å²) in [6.45, 7) is 0. The predicted molar refractivity (Wildman–Crippen MR) is 78.7 cm³/mol. The molecule has 0 spiro atoms. The highest BCUT2D eigenvalue weighted by Gasteiger charge is 2.20. The molecule has 2 aromatic heterocycles.